The summed E-state index contributed by atoms with van der Waals surface area (Å²) >= 11 is 1.41. The minimum atomic E-state index is -0.630. The summed E-state index contributed by atoms with van der Waals surface area (Å²) in [4.78, 5) is 42.9. The maximum Gasteiger partial charge on any atom is 0.338 e. The Labute approximate surface area is 167 Å². The number of hydrogen-bond acceptors (Lipinski definition) is 7. The highest BCUT2D eigenvalue weighted by Gasteiger charge is 2.47. The first-order valence-corrected chi connectivity index (χ1v) is 10.00. The Kier molecular flexibility index (Phi) is 5.88. The second-order valence-electron chi connectivity index (χ2n) is 6.40. The van der Waals surface area contributed by atoms with Crippen molar-refractivity contribution in [1.82, 2.24) is 4.90 Å². The molecule has 8 heteroatoms. The van der Waals surface area contributed by atoms with Gasteiger partial charge in [-0.3, -0.25) is 14.5 Å². The Balaban J connectivity index is 2.06. The molecule has 1 saturated heterocycles. The van der Waals surface area contributed by atoms with Gasteiger partial charge in [0, 0.05) is 6.92 Å². The fourth-order valence-corrected chi connectivity index (χ4v) is 4.39. The van der Waals surface area contributed by atoms with E-state index in [9.17, 15) is 14.4 Å². The highest BCUT2D eigenvalue weighted by Crippen LogP contribution is 2.44. The third kappa shape index (κ3) is 3.69. The second kappa shape index (κ2) is 8.18. The van der Waals surface area contributed by atoms with E-state index in [1.54, 1.807) is 43.0 Å². The van der Waals surface area contributed by atoms with Gasteiger partial charge in [0.1, 0.15) is 5.75 Å². The molecule has 148 valence electrons. The smallest absolute Gasteiger partial charge is 0.338 e. The molecule has 0 N–H and O–H groups in total. The number of carbonyl (C=O) groups excluding carboxylic acids is 3. The van der Waals surface area contributed by atoms with Crippen LogP contribution >= 0.6 is 11.8 Å². The van der Waals surface area contributed by atoms with E-state index >= 15 is 0 Å². The summed E-state index contributed by atoms with van der Waals surface area (Å²) in [6, 6.07) is 6.15. The Bertz CT molecular complexity index is 875. The van der Waals surface area contributed by atoms with Crippen LogP contribution in [0.1, 0.15) is 45.7 Å². The number of aliphatic imine (C=N–C) groups is 1. The fraction of sp³-hybridized carbons (Fsp3) is 0.400. The molecule has 1 fully saturated rings. The molecule has 0 aliphatic carbocycles. The number of fused-ring (bicyclic) bond motifs is 1. The first-order valence-electron chi connectivity index (χ1n) is 9.12. The first kappa shape index (κ1) is 20.1. The Morgan fingerprint density at radius 3 is 2.46 bits per heavy atom. The number of rotatable bonds is 5. The molecule has 0 radical (unpaired) electrons. The van der Waals surface area contributed by atoms with Gasteiger partial charge in [-0.1, -0.05) is 30.8 Å². The first-order chi connectivity index (χ1) is 13.4. The van der Waals surface area contributed by atoms with Gasteiger partial charge in [0.2, 0.25) is 5.91 Å². The molecular weight excluding hydrogens is 380 g/mol. The van der Waals surface area contributed by atoms with E-state index in [4.69, 9.17) is 9.47 Å². The highest BCUT2D eigenvalue weighted by atomic mass is 32.2. The van der Waals surface area contributed by atoms with Crippen molar-refractivity contribution in [2.75, 3.05) is 6.61 Å². The maximum absolute atomic E-state index is 13.0. The molecule has 0 spiro atoms. The van der Waals surface area contributed by atoms with Crippen LogP contribution in [0.15, 0.2) is 40.5 Å². The summed E-state index contributed by atoms with van der Waals surface area (Å²) in [6.45, 7) is 6.99. The lowest BCUT2D eigenvalue weighted by Crippen LogP contribution is -2.40. The largest absolute Gasteiger partial charge is 0.463 e. The number of allylic oxidation sites excluding steroid dienone is 1. The summed E-state index contributed by atoms with van der Waals surface area (Å²) in [6.07, 6.45) is 0.672. The van der Waals surface area contributed by atoms with Crippen LogP contribution in [-0.4, -0.2) is 39.8 Å². The predicted molar refractivity (Wildman–Crippen MR) is 106 cm³/mol. The molecule has 3 rings (SSSR count). The number of carbonyl (C=O) groups is 3. The molecule has 2 atom stereocenters. The van der Waals surface area contributed by atoms with Gasteiger partial charge in [-0.25, -0.2) is 9.79 Å². The van der Waals surface area contributed by atoms with E-state index in [-0.39, 0.29) is 17.8 Å². The number of amidine groups is 1. The quantitative estimate of drug-likeness (QED) is 0.555. The van der Waals surface area contributed by atoms with E-state index < -0.39 is 18.0 Å². The van der Waals surface area contributed by atoms with Crippen LogP contribution in [-0.2, 0) is 19.1 Å². The molecule has 2 aliphatic rings. The van der Waals surface area contributed by atoms with Crippen molar-refractivity contribution < 1.29 is 23.9 Å². The van der Waals surface area contributed by atoms with E-state index in [1.807, 2.05) is 6.92 Å². The number of hydrogen-bond donors (Lipinski definition) is 0. The van der Waals surface area contributed by atoms with Crippen molar-refractivity contribution in [3.05, 3.63) is 41.1 Å². The molecule has 0 unspecified atom stereocenters. The van der Waals surface area contributed by atoms with Crippen LogP contribution in [0.3, 0.4) is 0 Å². The number of thioether (sulfide) groups is 1. The van der Waals surface area contributed by atoms with Crippen LogP contribution in [0.25, 0.3) is 0 Å². The molecule has 2 heterocycles. The second-order valence-corrected chi connectivity index (χ2v) is 7.57. The minimum absolute atomic E-state index is 0.0744. The summed E-state index contributed by atoms with van der Waals surface area (Å²) < 4.78 is 10.3. The number of benzene rings is 1. The third-order valence-electron chi connectivity index (χ3n) is 4.47. The van der Waals surface area contributed by atoms with Crippen molar-refractivity contribution in [2.24, 2.45) is 4.99 Å². The number of esters is 2. The van der Waals surface area contributed by atoms with Gasteiger partial charge in [-0.15, -0.1) is 0 Å². The van der Waals surface area contributed by atoms with Gasteiger partial charge >= 0.3 is 11.9 Å². The molecule has 0 saturated carbocycles. The monoisotopic (exact) mass is 402 g/mol. The van der Waals surface area contributed by atoms with E-state index in [0.717, 1.165) is 5.56 Å². The van der Waals surface area contributed by atoms with Gasteiger partial charge in [0.05, 0.1) is 29.2 Å². The van der Waals surface area contributed by atoms with Crippen LogP contribution in [0.5, 0.6) is 5.75 Å². The summed E-state index contributed by atoms with van der Waals surface area (Å²) in [5, 5.41) is 0.368. The number of nitrogens with zero attached hydrogens (tertiary/aromatic N) is 2. The summed E-state index contributed by atoms with van der Waals surface area (Å²) in [5.74, 6) is -0.586. The molecular formula is C20H22N2O5S. The zero-order valence-corrected chi connectivity index (χ0v) is 17.0. The average molecular weight is 402 g/mol. The lowest BCUT2D eigenvalue weighted by atomic mass is 9.94. The van der Waals surface area contributed by atoms with E-state index in [0.29, 0.717) is 28.6 Å². The zero-order valence-electron chi connectivity index (χ0n) is 16.2. The van der Waals surface area contributed by atoms with Gasteiger partial charge in [0.15, 0.2) is 5.17 Å². The molecule has 28 heavy (non-hydrogen) atoms. The molecule has 2 aliphatic heterocycles. The number of ether oxygens (including phenoxy) is 2. The Hall–Kier alpha value is -2.61. The molecule has 1 aromatic rings. The van der Waals surface area contributed by atoms with Gasteiger partial charge in [0.25, 0.3) is 0 Å². The molecule has 7 nitrogen and oxygen atoms in total. The van der Waals surface area contributed by atoms with Gasteiger partial charge < -0.3 is 9.47 Å². The molecule has 1 amide bonds. The predicted octanol–water partition coefficient (Wildman–Crippen LogP) is 3.21. The van der Waals surface area contributed by atoms with E-state index in [1.165, 1.54) is 18.7 Å². The topological polar surface area (TPSA) is 85.3 Å². The van der Waals surface area contributed by atoms with Gasteiger partial charge in [-0.05, 0) is 38.0 Å². The average Bonchev–Trinajstić information content (AvgIpc) is 2.96. The zero-order chi connectivity index (χ0) is 20.4. The third-order valence-corrected chi connectivity index (χ3v) is 5.79. The fourth-order valence-electron chi connectivity index (χ4n) is 3.26. The minimum Gasteiger partial charge on any atom is -0.463 e. The van der Waals surface area contributed by atoms with Crippen molar-refractivity contribution in [3.63, 3.8) is 0 Å². The lowest BCUT2D eigenvalue weighted by molar-refractivity contribution is -0.139. The van der Waals surface area contributed by atoms with Crippen molar-refractivity contribution >= 4 is 34.8 Å². The van der Waals surface area contributed by atoms with Crippen molar-refractivity contribution in [3.8, 4) is 5.75 Å². The standard InChI is InChI=1S/C20H22N2O5S/c1-5-15-18(24)22-17(13-7-9-14(10-8-13)27-12(4)23)16(19(25)26-6-2)11(3)21-20(22)28-15/h7-10,15,17H,5-6H2,1-4H3/t15-,17-/m1/s1. The highest BCUT2D eigenvalue weighted by molar-refractivity contribution is 8.15. The van der Waals surface area contributed by atoms with Crippen LogP contribution in [0, 0.1) is 0 Å². The molecule has 0 bridgehead atoms. The normalized spacial score (nSPS) is 21.4. The van der Waals surface area contributed by atoms with Crippen LogP contribution < -0.4 is 4.74 Å². The summed E-state index contributed by atoms with van der Waals surface area (Å²) in [7, 11) is 0. The van der Waals surface area contributed by atoms with Crippen LogP contribution in [0.2, 0.25) is 0 Å². The van der Waals surface area contributed by atoms with Crippen molar-refractivity contribution in [2.45, 2.75) is 45.4 Å². The molecule has 0 aromatic heterocycles. The summed E-state index contributed by atoms with van der Waals surface area (Å²) in [5.41, 5.74) is 1.60. The van der Waals surface area contributed by atoms with Gasteiger partial charge in [-0.2, -0.15) is 0 Å². The SMILES string of the molecule is CCOC(=O)C1=C(C)N=C2S[C@H](CC)C(=O)N2[C@@H]1c1ccc(OC(C)=O)cc1. The maximum atomic E-state index is 13.0. The lowest BCUT2D eigenvalue weighted by Gasteiger charge is -2.33. The van der Waals surface area contributed by atoms with Crippen molar-refractivity contribution in [1.29, 1.82) is 0 Å². The molecule has 1 aromatic carbocycles. The van der Waals surface area contributed by atoms with Crippen LogP contribution in [0.4, 0.5) is 0 Å². The Morgan fingerprint density at radius 2 is 1.89 bits per heavy atom. The van der Waals surface area contributed by atoms with E-state index in [2.05, 4.69) is 4.99 Å². The number of amides is 1. The Morgan fingerprint density at radius 1 is 1.21 bits per heavy atom.